The number of aromatic carboxylic acids is 1. The highest BCUT2D eigenvalue weighted by Gasteiger charge is 2.33. The standard InChI is InChI=1S/C29H31N3O7/c1-16(33)23-12-18-14-32(15-19(18)13-24(23)27(35)30-25-10-11-26(34)31-28(25)36)20-4-8-22(9-5-20)39-21-6-2-17(3-7-21)29(37)38/h2-3,6-7,12-13,20,22,25H,4-5,8-11,14-15H2,1H3,(H,30,35)(H,37,38)(H,31,34,36). The minimum Gasteiger partial charge on any atom is -0.490 e. The molecule has 1 saturated carbocycles. The molecule has 0 aromatic heterocycles. The molecule has 2 aromatic rings. The molecule has 0 bridgehead atoms. The van der Waals surface area contributed by atoms with Crippen LogP contribution in [0.1, 0.15) is 87.6 Å². The Labute approximate surface area is 225 Å². The second kappa shape index (κ2) is 11.0. The average Bonchev–Trinajstić information content (AvgIpc) is 3.33. The van der Waals surface area contributed by atoms with Gasteiger partial charge in [0.2, 0.25) is 11.8 Å². The minimum atomic E-state index is -0.967. The largest absolute Gasteiger partial charge is 0.490 e. The van der Waals surface area contributed by atoms with E-state index in [1.807, 2.05) is 0 Å². The summed E-state index contributed by atoms with van der Waals surface area (Å²) in [4.78, 5) is 62.5. The number of rotatable bonds is 7. The number of benzene rings is 2. The molecule has 2 heterocycles. The summed E-state index contributed by atoms with van der Waals surface area (Å²) in [6.45, 7) is 2.78. The summed E-state index contributed by atoms with van der Waals surface area (Å²) >= 11 is 0. The molecule has 5 rings (SSSR count). The van der Waals surface area contributed by atoms with E-state index in [2.05, 4.69) is 15.5 Å². The number of nitrogens with one attached hydrogen (secondary N) is 2. The number of carboxylic acid groups (broad SMARTS) is 1. The fraction of sp³-hybridized carbons (Fsp3) is 0.414. The summed E-state index contributed by atoms with van der Waals surface area (Å²) in [5.74, 6) is -1.91. The number of piperidine rings is 1. The topological polar surface area (TPSA) is 142 Å². The number of imide groups is 1. The van der Waals surface area contributed by atoms with Crippen LogP contribution in [0.25, 0.3) is 0 Å². The molecule has 2 aliphatic heterocycles. The zero-order chi connectivity index (χ0) is 27.7. The Morgan fingerprint density at radius 2 is 1.59 bits per heavy atom. The number of amides is 3. The molecule has 10 nitrogen and oxygen atoms in total. The third-order valence-electron chi connectivity index (χ3n) is 7.82. The second-order valence-electron chi connectivity index (χ2n) is 10.5. The van der Waals surface area contributed by atoms with Crippen LogP contribution in [-0.2, 0) is 22.7 Å². The number of carbonyl (C=O) groups is 5. The Bertz CT molecular complexity index is 1330. The molecule has 1 unspecified atom stereocenters. The van der Waals surface area contributed by atoms with E-state index in [-0.39, 0.29) is 41.8 Å². The van der Waals surface area contributed by atoms with Crippen molar-refractivity contribution in [3.8, 4) is 5.75 Å². The van der Waals surface area contributed by atoms with Crippen LogP contribution >= 0.6 is 0 Å². The zero-order valence-corrected chi connectivity index (χ0v) is 21.7. The minimum absolute atomic E-state index is 0.0637. The molecule has 3 aliphatic rings. The summed E-state index contributed by atoms with van der Waals surface area (Å²) < 4.78 is 6.08. The first-order chi connectivity index (χ1) is 18.7. The molecule has 1 aliphatic carbocycles. The van der Waals surface area contributed by atoms with Crippen LogP contribution in [0.3, 0.4) is 0 Å². The molecule has 1 saturated heterocycles. The summed E-state index contributed by atoms with van der Waals surface area (Å²) in [7, 11) is 0. The highest BCUT2D eigenvalue weighted by atomic mass is 16.5. The summed E-state index contributed by atoms with van der Waals surface area (Å²) in [6.07, 6.45) is 4.06. The average molecular weight is 534 g/mol. The van der Waals surface area contributed by atoms with Crippen molar-refractivity contribution < 1.29 is 33.8 Å². The number of carboxylic acids is 1. The van der Waals surface area contributed by atoms with E-state index in [1.54, 1.807) is 36.4 Å². The van der Waals surface area contributed by atoms with Gasteiger partial charge in [-0.15, -0.1) is 0 Å². The van der Waals surface area contributed by atoms with E-state index in [0.29, 0.717) is 30.4 Å². The van der Waals surface area contributed by atoms with Crippen LogP contribution in [0.2, 0.25) is 0 Å². The maximum absolute atomic E-state index is 13.1. The van der Waals surface area contributed by atoms with Crippen molar-refractivity contribution in [1.82, 2.24) is 15.5 Å². The molecule has 1 atom stereocenters. The van der Waals surface area contributed by atoms with Crippen molar-refractivity contribution in [2.75, 3.05) is 0 Å². The molecule has 2 fully saturated rings. The number of ether oxygens (including phenoxy) is 1. The van der Waals surface area contributed by atoms with E-state index < -0.39 is 23.8 Å². The van der Waals surface area contributed by atoms with Crippen LogP contribution in [0.4, 0.5) is 0 Å². The highest BCUT2D eigenvalue weighted by molar-refractivity contribution is 6.09. The number of carbonyl (C=O) groups excluding carboxylic acids is 4. The number of hydrogen-bond acceptors (Lipinski definition) is 7. The SMILES string of the molecule is CC(=O)c1cc2c(cc1C(=O)NC1CCC(=O)NC1=O)CN(C1CCC(Oc3ccc(C(=O)O)cc3)CC1)C2. The fourth-order valence-electron chi connectivity index (χ4n) is 5.68. The van der Waals surface area contributed by atoms with Gasteiger partial charge < -0.3 is 15.2 Å². The van der Waals surface area contributed by atoms with Gasteiger partial charge in [0, 0.05) is 31.1 Å². The van der Waals surface area contributed by atoms with Crippen molar-refractivity contribution in [2.24, 2.45) is 0 Å². The molecule has 2 aromatic carbocycles. The smallest absolute Gasteiger partial charge is 0.335 e. The van der Waals surface area contributed by atoms with Gasteiger partial charge in [-0.1, -0.05) is 0 Å². The number of nitrogens with zero attached hydrogens (tertiary/aromatic N) is 1. The maximum Gasteiger partial charge on any atom is 0.335 e. The molecule has 10 heteroatoms. The van der Waals surface area contributed by atoms with Crippen LogP contribution in [0.15, 0.2) is 36.4 Å². The van der Waals surface area contributed by atoms with Crippen LogP contribution in [0, 0.1) is 0 Å². The van der Waals surface area contributed by atoms with Gasteiger partial charge in [0.1, 0.15) is 11.8 Å². The van der Waals surface area contributed by atoms with Crippen molar-refractivity contribution in [1.29, 1.82) is 0 Å². The maximum atomic E-state index is 13.1. The molecule has 39 heavy (non-hydrogen) atoms. The van der Waals surface area contributed by atoms with E-state index in [1.165, 1.54) is 6.92 Å². The number of fused-ring (bicyclic) bond motifs is 1. The third-order valence-corrected chi connectivity index (χ3v) is 7.82. The number of ketones is 1. The third kappa shape index (κ3) is 5.85. The Balaban J connectivity index is 1.21. The van der Waals surface area contributed by atoms with E-state index in [9.17, 15) is 24.0 Å². The molecule has 3 amide bonds. The van der Waals surface area contributed by atoms with E-state index in [4.69, 9.17) is 9.84 Å². The van der Waals surface area contributed by atoms with Gasteiger partial charge in [0.15, 0.2) is 5.78 Å². The monoisotopic (exact) mass is 533 g/mol. The van der Waals surface area contributed by atoms with E-state index >= 15 is 0 Å². The lowest BCUT2D eigenvalue weighted by atomic mass is 9.92. The Morgan fingerprint density at radius 3 is 2.18 bits per heavy atom. The summed E-state index contributed by atoms with van der Waals surface area (Å²) in [5.41, 5.74) is 2.81. The number of hydrogen-bond donors (Lipinski definition) is 3. The Hall–Kier alpha value is -4.05. The van der Waals surface area contributed by atoms with Gasteiger partial charge in [-0.25, -0.2) is 4.79 Å². The van der Waals surface area contributed by atoms with Gasteiger partial charge >= 0.3 is 5.97 Å². The van der Waals surface area contributed by atoms with Gasteiger partial charge in [0.05, 0.1) is 17.2 Å². The predicted molar refractivity (Wildman–Crippen MR) is 139 cm³/mol. The zero-order valence-electron chi connectivity index (χ0n) is 21.7. The first kappa shape index (κ1) is 26.6. The van der Waals surface area contributed by atoms with Crippen molar-refractivity contribution >= 4 is 29.5 Å². The number of Topliss-reactive ketones (excluding diaryl/α,β-unsaturated/α-hetero) is 1. The lowest BCUT2D eigenvalue weighted by molar-refractivity contribution is -0.134. The molecular weight excluding hydrogens is 502 g/mol. The molecule has 0 radical (unpaired) electrons. The second-order valence-corrected chi connectivity index (χ2v) is 10.5. The lowest BCUT2D eigenvalue weighted by Crippen LogP contribution is -2.52. The fourth-order valence-corrected chi connectivity index (χ4v) is 5.68. The molecule has 3 N–H and O–H groups in total. The van der Waals surface area contributed by atoms with Gasteiger partial charge in [-0.2, -0.15) is 0 Å². The molecule has 0 spiro atoms. The summed E-state index contributed by atoms with van der Waals surface area (Å²) in [5, 5.41) is 14.0. The Kier molecular flexibility index (Phi) is 7.47. The first-order valence-corrected chi connectivity index (χ1v) is 13.2. The van der Waals surface area contributed by atoms with Gasteiger partial charge in [-0.3, -0.25) is 29.4 Å². The first-order valence-electron chi connectivity index (χ1n) is 13.2. The normalized spacial score (nSPS) is 23.1. The van der Waals surface area contributed by atoms with Crippen LogP contribution in [0.5, 0.6) is 5.75 Å². The van der Waals surface area contributed by atoms with Crippen molar-refractivity contribution in [3.63, 3.8) is 0 Å². The van der Waals surface area contributed by atoms with Gasteiger partial charge in [-0.05, 0) is 86.6 Å². The quantitative estimate of drug-likeness (QED) is 0.364. The van der Waals surface area contributed by atoms with Crippen LogP contribution < -0.4 is 15.4 Å². The lowest BCUT2D eigenvalue weighted by Gasteiger charge is -2.34. The van der Waals surface area contributed by atoms with Crippen LogP contribution in [-0.4, -0.2) is 57.7 Å². The molecule has 204 valence electrons. The Morgan fingerprint density at radius 1 is 0.949 bits per heavy atom. The van der Waals surface area contributed by atoms with Gasteiger partial charge in [0.25, 0.3) is 5.91 Å². The van der Waals surface area contributed by atoms with Crippen molar-refractivity contribution in [3.05, 3.63) is 64.2 Å². The molecular formula is C29H31N3O7. The van der Waals surface area contributed by atoms with Crippen molar-refractivity contribution in [2.45, 2.75) is 76.7 Å². The predicted octanol–water partition coefficient (Wildman–Crippen LogP) is 2.83. The summed E-state index contributed by atoms with van der Waals surface area (Å²) in [6, 6.07) is 9.55. The highest BCUT2D eigenvalue weighted by Crippen LogP contribution is 2.34. The van der Waals surface area contributed by atoms with E-state index in [0.717, 1.165) is 36.8 Å².